The van der Waals surface area contributed by atoms with E-state index in [2.05, 4.69) is 22.2 Å². The van der Waals surface area contributed by atoms with Crippen molar-refractivity contribution in [1.29, 1.82) is 0 Å². The van der Waals surface area contributed by atoms with Crippen molar-refractivity contribution in [2.45, 2.75) is 44.2 Å². The van der Waals surface area contributed by atoms with Crippen LogP contribution in [0.5, 0.6) is 0 Å². The fourth-order valence-electron chi connectivity index (χ4n) is 3.42. The molecule has 0 amide bonds. The number of nitrogens with one attached hydrogen (secondary N) is 1. The highest BCUT2D eigenvalue weighted by molar-refractivity contribution is 4.88. The van der Waals surface area contributed by atoms with Gasteiger partial charge in [0.15, 0.2) is 0 Å². The van der Waals surface area contributed by atoms with E-state index < -0.39 is 0 Å². The lowest BCUT2D eigenvalue weighted by atomic mass is 10.0. The third kappa shape index (κ3) is 3.21. The molecular weight excluding hydrogens is 210 g/mol. The lowest BCUT2D eigenvalue weighted by molar-refractivity contribution is 0.130. The van der Waals surface area contributed by atoms with Crippen LogP contribution >= 0.6 is 0 Å². The zero-order valence-electron chi connectivity index (χ0n) is 11.2. The summed E-state index contributed by atoms with van der Waals surface area (Å²) in [7, 11) is 2.27. The van der Waals surface area contributed by atoms with E-state index in [1.165, 1.54) is 64.8 Å². The second-order valence-electron chi connectivity index (χ2n) is 6.39. The first kappa shape index (κ1) is 11.9. The maximum atomic E-state index is 3.69. The number of nitrogens with zero attached hydrogens (tertiary/aromatic N) is 2. The Balaban J connectivity index is 1.42. The Bertz CT molecular complexity index is 252. The summed E-state index contributed by atoms with van der Waals surface area (Å²) in [4.78, 5) is 5.26. The summed E-state index contributed by atoms with van der Waals surface area (Å²) in [5.41, 5.74) is 0. The van der Waals surface area contributed by atoms with Gasteiger partial charge in [-0.3, -0.25) is 4.90 Å². The van der Waals surface area contributed by atoms with E-state index >= 15 is 0 Å². The average molecular weight is 237 g/mol. The van der Waals surface area contributed by atoms with Gasteiger partial charge in [0.05, 0.1) is 0 Å². The summed E-state index contributed by atoms with van der Waals surface area (Å²) in [6.07, 6.45) is 7.07. The zero-order chi connectivity index (χ0) is 11.7. The lowest BCUT2D eigenvalue weighted by Gasteiger charge is -2.35. The Morgan fingerprint density at radius 1 is 1.06 bits per heavy atom. The molecule has 3 nitrogen and oxygen atoms in total. The van der Waals surface area contributed by atoms with Crippen molar-refractivity contribution in [3.05, 3.63) is 0 Å². The first-order chi connectivity index (χ1) is 8.31. The summed E-state index contributed by atoms with van der Waals surface area (Å²) in [5, 5.41) is 3.69. The maximum Gasteiger partial charge on any atom is 0.0223 e. The summed E-state index contributed by atoms with van der Waals surface area (Å²) in [6, 6.07) is 1.73. The molecule has 3 aliphatic rings. The van der Waals surface area contributed by atoms with Gasteiger partial charge >= 0.3 is 0 Å². The topological polar surface area (TPSA) is 18.5 Å². The fourth-order valence-corrected chi connectivity index (χ4v) is 3.42. The van der Waals surface area contributed by atoms with Crippen LogP contribution in [0.1, 0.15) is 32.1 Å². The van der Waals surface area contributed by atoms with Gasteiger partial charge in [-0.2, -0.15) is 0 Å². The van der Waals surface area contributed by atoms with Crippen molar-refractivity contribution in [3.63, 3.8) is 0 Å². The number of hydrogen-bond donors (Lipinski definition) is 1. The van der Waals surface area contributed by atoms with Crippen LogP contribution in [-0.2, 0) is 0 Å². The van der Waals surface area contributed by atoms with E-state index in [-0.39, 0.29) is 0 Å². The van der Waals surface area contributed by atoms with Crippen molar-refractivity contribution >= 4 is 0 Å². The third-order valence-electron chi connectivity index (χ3n) is 4.71. The standard InChI is InChI=1S/C14H27N3/c1-16-7-2-3-14(11-16)17-8-6-12(10-17)9-15-13-4-5-13/h12-15H,2-11H2,1H3. The molecule has 2 atom stereocenters. The minimum Gasteiger partial charge on any atom is -0.314 e. The molecule has 0 radical (unpaired) electrons. The molecule has 3 fully saturated rings. The molecule has 0 spiro atoms. The van der Waals surface area contributed by atoms with Crippen LogP contribution in [0.15, 0.2) is 0 Å². The predicted molar refractivity (Wildman–Crippen MR) is 71.2 cm³/mol. The molecule has 17 heavy (non-hydrogen) atoms. The third-order valence-corrected chi connectivity index (χ3v) is 4.71. The fraction of sp³-hybridized carbons (Fsp3) is 1.00. The minimum absolute atomic E-state index is 0.847. The first-order valence-corrected chi connectivity index (χ1v) is 7.47. The summed E-state index contributed by atoms with van der Waals surface area (Å²) < 4.78 is 0. The highest BCUT2D eigenvalue weighted by atomic mass is 15.2. The number of likely N-dealkylation sites (N-methyl/N-ethyl adjacent to an activating group) is 1. The van der Waals surface area contributed by atoms with E-state index in [4.69, 9.17) is 0 Å². The molecule has 2 heterocycles. The quantitative estimate of drug-likeness (QED) is 0.791. The van der Waals surface area contributed by atoms with Gasteiger partial charge in [0.1, 0.15) is 0 Å². The Morgan fingerprint density at radius 2 is 1.94 bits per heavy atom. The van der Waals surface area contributed by atoms with Crippen LogP contribution < -0.4 is 5.32 Å². The van der Waals surface area contributed by atoms with Crippen LogP contribution in [-0.4, -0.2) is 61.7 Å². The molecule has 1 aliphatic carbocycles. The second kappa shape index (κ2) is 5.25. The molecule has 2 saturated heterocycles. The monoisotopic (exact) mass is 237 g/mol. The van der Waals surface area contributed by atoms with Gasteiger partial charge in [-0.05, 0) is 64.7 Å². The smallest absolute Gasteiger partial charge is 0.0223 e. The molecule has 3 rings (SSSR count). The molecule has 2 unspecified atom stereocenters. The summed E-state index contributed by atoms with van der Waals surface area (Å²) >= 11 is 0. The van der Waals surface area contributed by atoms with Gasteiger partial charge < -0.3 is 10.2 Å². The van der Waals surface area contributed by atoms with Gasteiger partial charge in [-0.1, -0.05) is 0 Å². The van der Waals surface area contributed by atoms with Crippen molar-refractivity contribution in [3.8, 4) is 0 Å². The number of rotatable bonds is 4. The normalized spacial score (nSPS) is 36.5. The SMILES string of the molecule is CN1CCCC(N2CCC(CNC3CC3)C2)C1. The Labute approximate surface area is 106 Å². The summed E-state index contributed by atoms with van der Waals surface area (Å²) in [5.74, 6) is 0.919. The van der Waals surface area contributed by atoms with Gasteiger partial charge in [-0.15, -0.1) is 0 Å². The molecule has 3 heteroatoms. The van der Waals surface area contributed by atoms with Gasteiger partial charge in [0.25, 0.3) is 0 Å². The van der Waals surface area contributed by atoms with E-state index in [0.717, 1.165) is 18.0 Å². The number of likely N-dealkylation sites (tertiary alicyclic amines) is 2. The van der Waals surface area contributed by atoms with E-state index in [1.807, 2.05) is 0 Å². The van der Waals surface area contributed by atoms with Gasteiger partial charge in [0.2, 0.25) is 0 Å². The van der Waals surface area contributed by atoms with Crippen molar-refractivity contribution < 1.29 is 0 Å². The Kier molecular flexibility index (Phi) is 3.69. The lowest BCUT2D eigenvalue weighted by Crippen LogP contribution is -2.45. The minimum atomic E-state index is 0.847. The summed E-state index contributed by atoms with van der Waals surface area (Å²) in [6.45, 7) is 6.55. The second-order valence-corrected chi connectivity index (χ2v) is 6.39. The van der Waals surface area contributed by atoms with Gasteiger partial charge in [-0.25, -0.2) is 0 Å². The largest absolute Gasteiger partial charge is 0.314 e. The average Bonchev–Trinajstić information content (AvgIpc) is 3.04. The molecule has 1 N–H and O–H groups in total. The van der Waals surface area contributed by atoms with Crippen LogP contribution in [0.2, 0.25) is 0 Å². The van der Waals surface area contributed by atoms with E-state index in [1.54, 1.807) is 0 Å². The Morgan fingerprint density at radius 3 is 2.71 bits per heavy atom. The zero-order valence-corrected chi connectivity index (χ0v) is 11.2. The van der Waals surface area contributed by atoms with Gasteiger partial charge in [0, 0.05) is 25.2 Å². The van der Waals surface area contributed by atoms with Crippen LogP contribution in [0.3, 0.4) is 0 Å². The highest BCUT2D eigenvalue weighted by Crippen LogP contribution is 2.24. The molecule has 0 bridgehead atoms. The number of hydrogen-bond acceptors (Lipinski definition) is 3. The molecule has 0 aromatic rings. The van der Waals surface area contributed by atoms with Crippen molar-refractivity contribution in [2.24, 2.45) is 5.92 Å². The molecule has 0 aromatic heterocycles. The molecule has 0 aromatic carbocycles. The van der Waals surface area contributed by atoms with Crippen LogP contribution in [0.4, 0.5) is 0 Å². The molecule has 1 saturated carbocycles. The van der Waals surface area contributed by atoms with E-state index in [9.17, 15) is 0 Å². The van der Waals surface area contributed by atoms with E-state index in [0.29, 0.717) is 0 Å². The van der Waals surface area contributed by atoms with Crippen LogP contribution in [0, 0.1) is 5.92 Å². The molecule has 2 aliphatic heterocycles. The highest BCUT2D eigenvalue weighted by Gasteiger charge is 2.31. The van der Waals surface area contributed by atoms with Crippen LogP contribution in [0.25, 0.3) is 0 Å². The van der Waals surface area contributed by atoms with Crippen molar-refractivity contribution in [2.75, 3.05) is 39.8 Å². The Hall–Kier alpha value is -0.120. The molecule has 98 valence electrons. The van der Waals surface area contributed by atoms with Crippen molar-refractivity contribution in [1.82, 2.24) is 15.1 Å². The molecular formula is C14H27N3. The number of piperidine rings is 1. The predicted octanol–water partition coefficient (Wildman–Crippen LogP) is 1.15. The maximum absolute atomic E-state index is 3.69. The first-order valence-electron chi connectivity index (χ1n) is 7.47.